The molecule has 6 nitrogen and oxygen atoms in total. The molecule has 3 aromatic carbocycles. The Morgan fingerprint density at radius 3 is 2.15 bits per heavy atom. The minimum atomic E-state index is -0.972. The number of benzene rings is 3. The first-order valence-electron chi connectivity index (χ1n) is 10.4. The van der Waals surface area contributed by atoms with Crippen molar-refractivity contribution in [2.75, 3.05) is 13.7 Å². The number of rotatable bonds is 9. The third-order valence-corrected chi connectivity index (χ3v) is 5.01. The largest absolute Gasteiger partial charge is 0.481 e. The lowest BCUT2D eigenvalue weighted by Gasteiger charge is -2.10. The molecule has 0 aliphatic rings. The van der Waals surface area contributed by atoms with Gasteiger partial charge in [-0.3, -0.25) is 0 Å². The molecule has 0 saturated carbocycles. The van der Waals surface area contributed by atoms with Crippen LogP contribution in [0.4, 0.5) is 0 Å². The number of oxime groups is 1. The zero-order valence-electron chi connectivity index (χ0n) is 18.3. The van der Waals surface area contributed by atoms with E-state index in [1.165, 1.54) is 7.11 Å². The highest BCUT2D eigenvalue weighted by Gasteiger charge is 2.16. The van der Waals surface area contributed by atoms with Crippen LogP contribution in [0.3, 0.4) is 0 Å². The van der Waals surface area contributed by atoms with Gasteiger partial charge in [0.25, 0.3) is 0 Å². The first-order valence-corrected chi connectivity index (χ1v) is 10.4. The van der Waals surface area contributed by atoms with Crippen molar-refractivity contribution < 1.29 is 24.6 Å². The van der Waals surface area contributed by atoms with E-state index in [9.17, 15) is 10.0 Å². The van der Waals surface area contributed by atoms with Crippen molar-refractivity contribution in [2.24, 2.45) is 5.16 Å². The van der Waals surface area contributed by atoms with Gasteiger partial charge in [0.05, 0.1) is 0 Å². The van der Waals surface area contributed by atoms with E-state index in [0.717, 1.165) is 22.3 Å². The predicted molar refractivity (Wildman–Crippen MR) is 126 cm³/mol. The fraction of sp³-hybridized carbons (Fsp3) is 0.185. The molecule has 2 N–H and O–H groups in total. The molecule has 3 aromatic rings. The monoisotopic (exact) mass is 443 g/mol. The van der Waals surface area contributed by atoms with Crippen LogP contribution in [0.5, 0.6) is 5.75 Å². The standard InChI is InChI=1S/C27H25NO5/c1-32-25(27(29)30)19-21-12-10-20(11-13-21)7-5-6-18-33-24-16-14-23(15-17-24)26(28-31)22-8-3-2-4-9-22/h2-4,8-17,25,31H,7,18-19H2,1H3,(H,29,30)/t25-/m0/s1. The molecule has 0 unspecified atom stereocenters. The predicted octanol–water partition coefficient (Wildman–Crippen LogP) is 4.18. The van der Waals surface area contributed by atoms with Crippen molar-refractivity contribution in [3.8, 4) is 17.6 Å². The molecule has 0 amide bonds. The van der Waals surface area contributed by atoms with Crippen LogP contribution in [0.15, 0.2) is 84.0 Å². The minimum absolute atomic E-state index is 0.255. The summed E-state index contributed by atoms with van der Waals surface area (Å²) in [4.78, 5) is 11.1. The van der Waals surface area contributed by atoms with Crippen LogP contribution >= 0.6 is 0 Å². The number of carboxylic acids is 1. The van der Waals surface area contributed by atoms with Gasteiger partial charge in [-0.15, -0.1) is 0 Å². The summed E-state index contributed by atoms with van der Waals surface area (Å²) in [7, 11) is 1.39. The third-order valence-electron chi connectivity index (χ3n) is 5.01. The normalized spacial score (nSPS) is 11.8. The van der Waals surface area contributed by atoms with Gasteiger partial charge < -0.3 is 19.8 Å². The van der Waals surface area contributed by atoms with Crippen molar-refractivity contribution in [1.82, 2.24) is 0 Å². The molecule has 0 aliphatic carbocycles. The molecule has 0 aromatic heterocycles. The average Bonchev–Trinajstić information content (AvgIpc) is 2.85. The lowest BCUT2D eigenvalue weighted by Crippen LogP contribution is -2.24. The zero-order valence-corrected chi connectivity index (χ0v) is 18.3. The Bertz CT molecular complexity index is 1130. The first-order chi connectivity index (χ1) is 16.1. The molecular weight excluding hydrogens is 418 g/mol. The molecule has 0 bridgehead atoms. The molecule has 3 rings (SSSR count). The molecule has 33 heavy (non-hydrogen) atoms. The molecule has 1 atom stereocenters. The number of nitrogens with zero attached hydrogens (tertiary/aromatic N) is 1. The Morgan fingerprint density at radius 1 is 0.909 bits per heavy atom. The van der Waals surface area contributed by atoms with E-state index in [1.54, 1.807) is 0 Å². The highest BCUT2D eigenvalue weighted by Crippen LogP contribution is 2.16. The highest BCUT2D eigenvalue weighted by molar-refractivity contribution is 6.12. The molecule has 0 heterocycles. The maximum atomic E-state index is 11.1. The van der Waals surface area contributed by atoms with E-state index in [1.807, 2.05) is 78.9 Å². The molecule has 168 valence electrons. The van der Waals surface area contributed by atoms with Gasteiger partial charge in [-0.2, -0.15) is 0 Å². The van der Waals surface area contributed by atoms with Crippen molar-refractivity contribution in [1.29, 1.82) is 0 Å². The summed E-state index contributed by atoms with van der Waals surface area (Å²) in [6.07, 6.45) is 0.0482. The second-order valence-electron chi connectivity index (χ2n) is 7.24. The van der Waals surface area contributed by atoms with Crippen LogP contribution < -0.4 is 4.74 Å². The van der Waals surface area contributed by atoms with Crippen LogP contribution in [-0.2, 0) is 22.4 Å². The summed E-state index contributed by atoms with van der Waals surface area (Å²) in [6.45, 7) is 0.255. The van der Waals surface area contributed by atoms with Crippen LogP contribution in [0.2, 0.25) is 0 Å². The molecule has 0 aliphatic heterocycles. The Hall–Kier alpha value is -4.08. The lowest BCUT2D eigenvalue weighted by atomic mass is 10.0. The number of hydrogen-bond acceptors (Lipinski definition) is 5. The summed E-state index contributed by atoms with van der Waals surface area (Å²) >= 11 is 0. The van der Waals surface area contributed by atoms with E-state index >= 15 is 0 Å². The fourth-order valence-electron chi connectivity index (χ4n) is 3.20. The number of hydrogen-bond donors (Lipinski definition) is 2. The topological polar surface area (TPSA) is 88.4 Å². The lowest BCUT2D eigenvalue weighted by molar-refractivity contribution is -0.148. The summed E-state index contributed by atoms with van der Waals surface area (Å²) in [6, 6.07) is 24.4. The SMILES string of the molecule is CO[C@@H](Cc1ccc(CC#CCOc2ccc(C(=NO)c3ccccc3)cc2)cc1)C(=O)O. The van der Waals surface area contributed by atoms with E-state index in [-0.39, 0.29) is 6.61 Å². The van der Waals surface area contributed by atoms with Gasteiger partial charge in [0.1, 0.15) is 18.1 Å². The molecule has 0 saturated heterocycles. The summed E-state index contributed by atoms with van der Waals surface area (Å²) < 4.78 is 10.6. The van der Waals surface area contributed by atoms with Gasteiger partial charge in [-0.1, -0.05) is 71.6 Å². The van der Waals surface area contributed by atoms with E-state index in [0.29, 0.717) is 24.3 Å². The number of methoxy groups -OCH3 is 1. The summed E-state index contributed by atoms with van der Waals surface area (Å²) in [5.41, 5.74) is 4.04. The van der Waals surface area contributed by atoms with E-state index in [4.69, 9.17) is 14.6 Å². The quantitative estimate of drug-likeness (QED) is 0.224. The maximum absolute atomic E-state index is 11.1. The number of carbonyl (C=O) groups is 1. The molecule has 0 fully saturated rings. The highest BCUT2D eigenvalue weighted by atomic mass is 16.5. The van der Waals surface area contributed by atoms with Crippen LogP contribution in [0.25, 0.3) is 0 Å². The van der Waals surface area contributed by atoms with Gasteiger partial charge in [0.15, 0.2) is 6.10 Å². The van der Waals surface area contributed by atoms with Crippen molar-refractivity contribution >= 4 is 11.7 Å². The molecule has 6 heteroatoms. The third kappa shape index (κ3) is 6.96. The Labute approximate surface area is 193 Å². The Balaban J connectivity index is 1.48. The van der Waals surface area contributed by atoms with Gasteiger partial charge in [-0.25, -0.2) is 4.79 Å². The van der Waals surface area contributed by atoms with Crippen LogP contribution in [-0.4, -0.2) is 41.8 Å². The molecule has 0 radical (unpaired) electrons. The Morgan fingerprint density at radius 2 is 1.55 bits per heavy atom. The van der Waals surface area contributed by atoms with Crippen molar-refractivity contribution in [3.63, 3.8) is 0 Å². The second-order valence-corrected chi connectivity index (χ2v) is 7.24. The second kappa shape index (κ2) is 12.1. The smallest absolute Gasteiger partial charge is 0.333 e. The minimum Gasteiger partial charge on any atom is -0.481 e. The Kier molecular flexibility index (Phi) is 8.63. The first kappa shape index (κ1) is 23.6. The fourth-order valence-corrected chi connectivity index (χ4v) is 3.20. The van der Waals surface area contributed by atoms with Gasteiger partial charge in [0.2, 0.25) is 0 Å². The zero-order chi connectivity index (χ0) is 23.5. The van der Waals surface area contributed by atoms with Crippen LogP contribution in [0.1, 0.15) is 22.3 Å². The van der Waals surface area contributed by atoms with Crippen LogP contribution in [0, 0.1) is 11.8 Å². The summed E-state index contributed by atoms with van der Waals surface area (Å²) in [5.74, 6) is 5.77. The number of aliphatic carboxylic acids is 1. The number of carboxylic acid groups (broad SMARTS) is 1. The van der Waals surface area contributed by atoms with Gasteiger partial charge in [0, 0.05) is 31.1 Å². The van der Waals surface area contributed by atoms with Gasteiger partial charge >= 0.3 is 5.97 Å². The average molecular weight is 443 g/mol. The van der Waals surface area contributed by atoms with Crippen molar-refractivity contribution in [3.05, 3.63) is 101 Å². The molecular formula is C27H25NO5. The van der Waals surface area contributed by atoms with Gasteiger partial charge in [-0.05, 0) is 35.4 Å². The van der Waals surface area contributed by atoms with E-state index < -0.39 is 12.1 Å². The van der Waals surface area contributed by atoms with E-state index in [2.05, 4.69) is 17.0 Å². The number of ether oxygens (including phenoxy) is 2. The molecule has 0 spiro atoms. The van der Waals surface area contributed by atoms with Crippen molar-refractivity contribution in [2.45, 2.75) is 18.9 Å². The maximum Gasteiger partial charge on any atom is 0.333 e. The summed E-state index contributed by atoms with van der Waals surface area (Å²) in [5, 5.41) is 21.9.